The number of aromatic carboxylic acids is 1. The van der Waals surface area contributed by atoms with Crippen LogP contribution in [0.4, 0.5) is 0 Å². The molecule has 1 aliphatic rings. The summed E-state index contributed by atoms with van der Waals surface area (Å²) < 4.78 is 1.87. The van der Waals surface area contributed by atoms with Gasteiger partial charge < -0.3 is 14.6 Å². The van der Waals surface area contributed by atoms with Gasteiger partial charge in [0.25, 0.3) is 5.91 Å². The van der Waals surface area contributed by atoms with Crippen molar-refractivity contribution in [1.82, 2.24) is 19.4 Å². The first-order valence-corrected chi connectivity index (χ1v) is 8.86. The Hall–Kier alpha value is -4.18. The molecule has 1 aromatic carbocycles. The van der Waals surface area contributed by atoms with Crippen molar-refractivity contribution in [2.45, 2.75) is 13.1 Å². The molecule has 7 heteroatoms. The monoisotopic (exact) mass is 384 g/mol. The van der Waals surface area contributed by atoms with Crippen LogP contribution in [0, 0.1) is 11.8 Å². The summed E-state index contributed by atoms with van der Waals surface area (Å²) in [6.07, 6.45) is 10.4. The molecule has 29 heavy (non-hydrogen) atoms. The Kier molecular flexibility index (Phi) is 4.91. The number of nitrogens with zero attached hydrogens (tertiary/aromatic N) is 4. The van der Waals surface area contributed by atoms with E-state index in [-0.39, 0.29) is 11.5 Å². The summed E-state index contributed by atoms with van der Waals surface area (Å²) in [5, 5.41) is 8.98. The Morgan fingerprint density at radius 1 is 1.17 bits per heavy atom. The number of rotatable bonds is 3. The highest BCUT2D eigenvalue weighted by atomic mass is 16.4. The predicted octanol–water partition coefficient (Wildman–Crippen LogP) is 2.65. The Balaban J connectivity index is 1.49. The highest BCUT2D eigenvalue weighted by Gasteiger charge is 2.19. The SMILES string of the molecule is O=C(O)c1ccc(C(=O)N2C=Cc3ncc(C#CCn4ccnc4)cc3C2)cc1. The van der Waals surface area contributed by atoms with Crippen molar-refractivity contribution < 1.29 is 14.7 Å². The number of amides is 1. The number of hydrogen-bond donors (Lipinski definition) is 1. The molecule has 0 radical (unpaired) electrons. The van der Waals surface area contributed by atoms with E-state index in [2.05, 4.69) is 21.8 Å². The molecular formula is C22H16N4O3. The normalized spacial score (nSPS) is 12.1. The zero-order chi connectivity index (χ0) is 20.2. The van der Waals surface area contributed by atoms with Gasteiger partial charge in [-0.15, -0.1) is 0 Å². The van der Waals surface area contributed by atoms with Gasteiger partial charge >= 0.3 is 5.97 Å². The highest BCUT2D eigenvalue weighted by Crippen LogP contribution is 2.21. The van der Waals surface area contributed by atoms with E-state index in [0.717, 1.165) is 16.8 Å². The Labute approximate surface area is 167 Å². The van der Waals surface area contributed by atoms with Crippen LogP contribution in [0.5, 0.6) is 0 Å². The minimum absolute atomic E-state index is 0.143. The maximum atomic E-state index is 12.7. The summed E-state index contributed by atoms with van der Waals surface area (Å²) in [6.45, 7) is 0.906. The van der Waals surface area contributed by atoms with Crippen molar-refractivity contribution in [1.29, 1.82) is 0 Å². The molecular weight excluding hydrogens is 368 g/mol. The molecule has 0 fully saturated rings. The number of fused-ring (bicyclic) bond motifs is 1. The number of hydrogen-bond acceptors (Lipinski definition) is 4. The molecule has 0 aliphatic carbocycles. The molecule has 0 bridgehead atoms. The lowest BCUT2D eigenvalue weighted by atomic mass is 10.1. The van der Waals surface area contributed by atoms with Crippen LogP contribution in [-0.2, 0) is 13.1 Å². The van der Waals surface area contributed by atoms with Crippen LogP contribution in [0.2, 0.25) is 0 Å². The van der Waals surface area contributed by atoms with Crippen molar-refractivity contribution in [3.05, 3.63) is 89.4 Å². The molecule has 0 saturated heterocycles. The number of carbonyl (C=O) groups is 2. The third-order valence-corrected chi connectivity index (χ3v) is 4.45. The fraction of sp³-hybridized carbons (Fsp3) is 0.0909. The number of carbonyl (C=O) groups excluding carboxylic acids is 1. The molecule has 0 saturated carbocycles. The zero-order valence-corrected chi connectivity index (χ0v) is 15.3. The Morgan fingerprint density at radius 3 is 2.69 bits per heavy atom. The first-order valence-electron chi connectivity index (χ1n) is 8.86. The second kappa shape index (κ2) is 7.82. The molecule has 4 rings (SSSR count). The fourth-order valence-electron chi connectivity index (χ4n) is 2.94. The van der Waals surface area contributed by atoms with Gasteiger partial charge in [-0.05, 0) is 42.0 Å². The number of aromatic nitrogens is 3. The summed E-state index contributed by atoms with van der Waals surface area (Å²) in [7, 11) is 0. The first kappa shape index (κ1) is 18.2. The van der Waals surface area contributed by atoms with Crippen LogP contribution in [-0.4, -0.2) is 36.4 Å². The van der Waals surface area contributed by atoms with Gasteiger partial charge in [-0.1, -0.05) is 11.8 Å². The predicted molar refractivity (Wildman–Crippen MR) is 106 cm³/mol. The minimum atomic E-state index is -1.02. The van der Waals surface area contributed by atoms with Crippen molar-refractivity contribution in [2.24, 2.45) is 0 Å². The number of benzene rings is 1. The third kappa shape index (κ3) is 4.06. The second-order valence-electron chi connectivity index (χ2n) is 6.44. The summed E-state index contributed by atoms with van der Waals surface area (Å²) in [5.41, 5.74) is 3.04. The zero-order valence-electron chi connectivity index (χ0n) is 15.3. The van der Waals surface area contributed by atoms with E-state index >= 15 is 0 Å². The van der Waals surface area contributed by atoms with E-state index < -0.39 is 5.97 Å². The lowest BCUT2D eigenvalue weighted by Crippen LogP contribution is -2.27. The Morgan fingerprint density at radius 2 is 1.97 bits per heavy atom. The number of carboxylic acids is 1. The fourth-order valence-corrected chi connectivity index (χ4v) is 2.94. The largest absolute Gasteiger partial charge is 0.478 e. The Bertz CT molecular complexity index is 1150. The van der Waals surface area contributed by atoms with Crippen LogP contribution in [0.1, 0.15) is 37.5 Å². The summed E-state index contributed by atoms with van der Waals surface area (Å²) >= 11 is 0. The molecule has 7 nitrogen and oxygen atoms in total. The van der Waals surface area contributed by atoms with E-state index in [9.17, 15) is 9.59 Å². The van der Waals surface area contributed by atoms with Crippen LogP contribution < -0.4 is 0 Å². The molecule has 1 N–H and O–H groups in total. The molecule has 0 atom stereocenters. The van der Waals surface area contributed by atoms with E-state index in [1.54, 1.807) is 35.9 Å². The van der Waals surface area contributed by atoms with Gasteiger partial charge in [0.15, 0.2) is 0 Å². The van der Waals surface area contributed by atoms with E-state index in [1.807, 2.05) is 16.8 Å². The van der Waals surface area contributed by atoms with Crippen molar-refractivity contribution >= 4 is 18.0 Å². The van der Waals surface area contributed by atoms with Crippen LogP contribution in [0.25, 0.3) is 6.08 Å². The van der Waals surface area contributed by atoms with Gasteiger partial charge in [-0.2, -0.15) is 0 Å². The number of carboxylic acid groups (broad SMARTS) is 1. The van der Waals surface area contributed by atoms with Gasteiger partial charge in [0.2, 0.25) is 0 Å². The number of imidazole rings is 1. The lowest BCUT2D eigenvalue weighted by Gasteiger charge is -2.23. The maximum Gasteiger partial charge on any atom is 0.335 e. The van der Waals surface area contributed by atoms with Gasteiger partial charge in [-0.3, -0.25) is 9.78 Å². The van der Waals surface area contributed by atoms with Crippen molar-refractivity contribution in [2.75, 3.05) is 0 Å². The van der Waals surface area contributed by atoms with Crippen LogP contribution >= 0.6 is 0 Å². The van der Waals surface area contributed by atoms with Gasteiger partial charge in [-0.25, -0.2) is 9.78 Å². The van der Waals surface area contributed by atoms with Crippen molar-refractivity contribution in [3.8, 4) is 11.8 Å². The maximum absolute atomic E-state index is 12.7. The average Bonchev–Trinajstić information content (AvgIpc) is 3.26. The van der Waals surface area contributed by atoms with Gasteiger partial charge in [0.1, 0.15) is 0 Å². The highest BCUT2D eigenvalue weighted by molar-refractivity contribution is 5.97. The molecule has 0 spiro atoms. The molecule has 142 valence electrons. The molecule has 1 aliphatic heterocycles. The smallest absolute Gasteiger partial charge is 0.335 e. The average molecular weight is 384 g/mol. The second-order valence-corrected chi connectivity index (χ2v) is 6.44. The van der Waals surface area contributed by atoms with E-state index in [0.29, 0.717) is 18.7 Å². The van der Waals surface area contributed by atoms with Crippen LogP contribution in [0.15, 0.2) is 61.4 Å². The summed E-state index contributed by atoms with van der Waals surface area (Å²) in [4.78, 5) is 33.7. The third-order valence-electron chi connectivity index (χ3n) is 4.45. The van der Waals surface area contributed by atoms with E-state index in [4.69, 9.17) is 5.11 Å². The van der Waals surface area contributed by atoms with E-state index in [1.165, 1.54) is 24.3 Å². The molecule has 0 unspecified atom stereocenters. The minimum Gasteiger partial charge on any atom is -0.478 e. The molecule has 3 heterocycles. The lowest BCUT2D eigenvalue weighted by molar-refractivity contribution is 0.0695. The standard InChI is InChI=1S/C22H16N4O3/c27-21(17-3-5-18(6-4-17)22(28)29)26-10-7-20-19(14-26)12-16(13-24-20)2-1-9-25-11-8-23-15-25/h3-8,10-13,15H,9,14H2,(H,28,29). The van der Waals surface area contributed by atoms with Gasteiger partial charge in [0, 0.05) is 35.9 Å². The quantitative estimate of drug-likeness (QED) is 0.702. The topological polar surface area (TPSA) is 88.3 Å². The van der Waals surface area contributed by atoms with Gasteiger partial charge in [0.05, 0.1) is 30.7 Å². The molecule has 2 aromatic heterocycles. The molecule has 3 aromatic rings. The summed E-state index contributed by atoms with van der Waals surface area (Å²) in [6, 6.07) is 7.82. The number of pyridine rings is 1. The van der Waals surface area contributed by atoms with Crippen LogP contribution in [0.3, 0.4) is 0 Å². The first-order chi connectivity index (χ1) is 14.1. The van der Waals surface area contributed by atoms with Crippen molar-refractivity contribution in [3.63, 3.8) is 0 Å². The summed E-state index contributed by atoms with van der Waals surface area (Å²) in [5.74, 6) is 4.92. The molecule has 1 amide bonds.